The van der Waals surface area contributed by atoms with Gasteiger partial charge in [-0.15, -0.1) is 0 Å². The van der Waals surface area contributed by atoms with Crippen molar-refractivity contribution in [1.82, 2.24) is 5.01 Å². The summed E-state index contributed by atoms with van der Waals surface area (Å²) in [6.45, 7) is 0.547. The number of hydrazone groups is 1. The van der Waals surface area contributed by atoms with E-state index in [4.69, 9.17) is 9.47 Å². The second-order valence-corrected chi connectivity index (χ2v) is 6.01. The highest BCUT2D eigenvalue weighted by Gasteiger charge is 2.22. The average molecular weight is 356 g/mol. The second kappa shape index (κ2) is 7.99. The highest BCUT2D eigenvalue weighted by molar-refractivity contribution is 6.03. The zero-order valence-electron chi connectivity index (χ0n) is 14.9. The van der Waals surface area contributed by atoms with Crippen LogP contribution in [0.4, 0.5) is 4.39 Å². The third kappa shape index (κ3) is 4.02. The van der Waals surface area contributed by atoms with Crippen molar-refractivity contribution in [2.45, 2.75) is 19.3 Å². The summed E-state index contributed by atoms with van der Waals surface area (Å²) in [6.07, 6.45) is 1.47. The fourth-order valence-electron chi connectivity index (χ4n) is 2.93. The van der Waals surface area contributed by atoms with Crippen molar-refractivity contribution in [3.8, 4) is 11.5 Å². The van der Waals surface area contributed by atoms with Gasteiger partial charge in [-0.1, -0.05) is 12.1 Å². The topological polar surface area (TPSA) is 51.1 Å². The molecule has 1 amide bonds. The van der Waals surface area contributed by atoms with Gasteiger partial charge >= 0.3 is 0 Å². The minimum atomic E-state index is -0.287. The number of halogens is 1. The van der Waals surface area contributed by atoms with Crippen molar-refractivity contribution < 1.29 is 18.7 Å². The van der Waals surface area contributed by atoms with Crippen LogP contribution in [0.1, 0.15) is 24.0 Å². The summed E-state index contributed by atoms with van der Waals surface area (Å²) in [7, 11) is 3.17. The van der Waals surface area contributed by atoms with Crippen LogP contribution in [0.2, 0.25) is 0 Å². The summed E-state index contributed by atoms with van der Waals surface area (Å²) in [5.74, 6) is 0.927. The van der Waals surface area contributed by atoms with Gasteiger partial charge in [0.2, 0.25) is 5.91 Å². The highest BCUT2D eigenvalue weighted by Crippen LogP contribution is 2.29. The number of carbonyl (C=O) groups excluding carboxylic acids is 1. The van der Waals surface area contributed by atoms with E-state index in [1.54, 1.807) is 20.3 Å². The molecule has 0 atom stereocenters. The first-order valence-electron chi connectivity index (χ1n) is 8.45. The van der Waals surface area contributed by atoms with Gasteiger partial charge in [0.1, 0.15) is 5.82 Å². The van der Waals surface area contributed by atoms with Crippen molar-refractivity contribution in [2.75, 3.05) is 20.8 Å². The first kappa shape index (κ1) is 17.9. The Morgan fingerprint density at radius 2 is 1.96 bits per heavy atom. The van der Waals surface area contributed by atoms with Crippen molar-refractivity contribution in [2.24, 2.45) is 5.10 Å². The molecule has 0 saturated heterocycles. The van der Waals surface area contributed by atoms with E-state index in [0.717, 1.165) is 16.8 Å². The molecular formula is C20H21FN2O3. The molecule has 0 unspecified atom stereocenters. The lowest BCUT2D eigenvalue weighted by Crippen LogP contribution is -2.23. The van der Waals surface area contributed by atoms with Gasteiger partial charge in [0, 0.05) is 18.4 Å². The predicted octanol–water partition coefficient (Wildman–Crippen LogP) is 3.41. The van der Waals surface area contributed by atoms with Crippen LogP contribution in [0, 0.1) is 5.82 Å². The van der Waals surface area contributed by atoms with Crippen LogP contribution in [0.25, 0.3) is 0 Å². The third-order valence-corrected chi connectivity index (χ3v) is 4.32. The molecule has 0 aromatic heterocycles. The monoisotopic (exact) mass is 356 g/mol. The smallest absolute Gasteiger partial charge is 0.243 e. The van der Waals surface area contributed by atoms with Gasteiger partial charge in [-0.3, -0.25) is 4.79 Å². The van der Waals surface area contributed by atoms with Crippen molar-refractivity contribution in [1.29, 1.82) is 0 Å². The van der Waals surface area contributed by atoms with Gasteiger partial charge < -0.3 is 9.47 Å². The van der Waals surface area contributed by atoms with Crippen molar-refractivity contribution in [3.63, 3.8) is 0 Å². The summed E-state index contributed by atoms with van der Waals surface area (Å²) in [5.41, 5.74) is 2.55. The van der Waals surface area contributed by atoms with E-state index in [-0.39, 0.29) is 11.7 Å². The van der Waals surface area contributed by atoms with Crippen LogP contribution < -0.4 is 9.47 Å². The average Bonchev–Trinajstić information content (AvgIpc) is 3.16. The zero-order chi connectivity index (χ0) is 18.5. The van der Waals surface area contributed by atoms with Gasteiger partial charge in [-0.2, -0.15) is 5.10 Å². The first-order valence-corrected chi connectivity index (χ1v) is 8.45. The Balaban J connectivity index is 1.66. The number of methoxy groups -OCH3 is 2. The summed E-state index contributed by atoms with van der Waals surface area (Å²) in [5, 5.41) is 5.94. The van der Waals surface area contributed by atoms with E-state index in [1.807, 2.05) is 24.3 Å². The first-order chi connectivity index (χ1) is 12.6. The summed E-state index contributed by atoms with van der Waals surface area (Å²) < 4.78 is 23.8. The Bertz CT molecular complexity index is 836. The van der Waals surface area contributed by atoms with Crippen LogP contribution in [0.3, 0.4) is 0 Å². The molecule has 2 aromatic rings. The summed E-state index contributed by atoms with van der Waals surface area (Å²) >= 11 is 0. The molecule has 1 heterocycles. The lowest BCUT2D eigenvalue weighted by atomic mass is 10.1. The number of hydrogen-bond acceptors (Lipinski definition) is 4. The highest BCUT2D eigenvalue weighted by atomic mass is 19.1. The number of nitrogens with zero attached hydrogens (tertiary/aromatic N) is 2. The van der Waals surface area contributed by atoms with E-state index < -0.39 is 0 Å². The van der Waals surface area contributed by atoms with Crippen LogP contribution in [0.5, 0.6) is 11.5 Å². The molecule has 0 N–H and O–H groups in total. The Morgan fingerprint density at radius 3 is 2.69 bits per heavy atom. The van der Waals surface area contributed by atoms with Gasteiger partial charge in [0.25, 0.3) is 0 Å². The summed E-state index contributed by atoms with van der Waals surface area (Å²) in [4.78, 5) is 12.4. The van der Waals surface area contributed by atoms with Gasteiger partial charge in [-0.25, -0.2) is 9.40 Å². The molecule has 136 valence electrons. The maximum Gasteiger partial charge on any atom is 0.243 e. The molecule has 2 aromatic carbocycles. The number of carbonyl (C=O) groups is 1. The maximum absolute atomic E-state index is 13.2. The summed E-state index contributed by atoms with van der Waals surface area (Å²) in [6, 6.07) is 11.9. The van der Waals surface area contributed by atoms with E-state index in [2.05, 4.69) is 5.10 Å². The van der Waals surface area contributed by atoms with E-state index in [9.17, 15) is 9.18 Å². The van der Waals surface area contributed by atoms with E-state index in [0.29, 0.717) is 37.3 Å². The van der Waals surface area contributed by atoms with Crippen molar-refractivity contribution >= 4 is 11.6 Å². The number of amides is 1. The van der Waals surface area contributed by atoms with Gasteiger partial charge in [0.15, 0.2) is 11.5 Å². The molecule has 3 rings (SSSR count). The minimum Gasteiger partial charge on any atom is -0.493 e. The number of rotatable bonds is 6. The standard InChI is InChI=1S/C20H21FN2O3/c1-25-18-8-7-15(13-19(18)26-2)17-10-11-23(22-17)20(24)9-6-14-4-3-5-16(21)12-14/h3-5,7-8,12-13H,6,9-11H2,1-2H3. The molecule has 0 radical (unpaired) electrons. The fourth-order valence-corrected chi connectivity index (χ4v) is 2.93. The zero-order valence-corrected chi connectivity index (χ0v) is 14.9. The van der Waals surface area contributed by atoms with E-state index in [1.165, 1.54) is 17.1 Å². The van der Waals surface area contributed by atoms with Crippen LogP contribution in [0.15, 0.2) is 47.6 Å². The molecule has 6 heteroatoms. The number of benzene rings is 2. The van der Waals surface area contributed by atoms with Crippen LogP contribution in [-0.2, 0) is 11.2 Å². The SMILES string of the molecule is COc1ccc(C2=NN(C(=O)CCc3cccc(F)c3)CC2)cc1OC. The molecule has 0 bridgehead atoms. The maximum atomic E-state index is 13.2. The number of hydrogen-bond donors (Lipinski definition) is 0. The Hall–Kier alpha value is -2.89. The largest absolute Gasteiger partial charge is 0.493 e. The van der Waals surface area contributed by atoms with Gasteiger partial charge in [-0.05, 0) is 42.3 Å². The van der Waals surface area contributed by atoms with Gasteiger partial charge in [0.05, 0.1) is 26.5 Å². The Labute approximate surface area is 152 Å². The van der Waals surface area contributed by atoms with Crippen LogP contribution >= 0.6 is 0 Å². The Kier molecular flexibility index (Phi) is 5.51. The second-order valence-electron chi connectivity index (χ2n) is 6.01. The molecular weight excluding hydrogens is 335 g/mol. The Morgan fingerprint density at radius 1 is 1.15 bits per heavy atom. The molecule has 1 aliphatic heterocycles. The molecule has 26 heavy (non-hydrogen) atoms. The minimum absolute atomic E-state index is 0.0651. The quantitative estimate of drug-likeness (QED) is 0.797. The van der Waals surface area contributed by atoms with Crippen LogP contribution in [-0.4, -0.2) is 37.4 Å². The molecule has 0 saturated carbocycles. The third-order valence-electron chi connectivity index (χ3n) is 4.32. The van der Waals surface area contributed by atoms with Crippen molar-refractivity contribution in [3.05, 3.63) is 59.4 Å². The molecule has 0 fully saturated rings. The number of ether oxygens (including phenoxy) is 2. The lowest BCUT2D eigenvalue weighted by Gasteiger charge is -2.11. The molecule has 0 aliphatic carbocycles. The predicted molar refractivity (Wildman–Crippen MR) is 97.1 cm³/mol. The van der Waals surface area contributed by atoms with E-state index >= 15 is 0 Å². The molecule has 1 aliphatic rings. The lowest BCUT2D eigenvalue weighted by molar-refractivity contribution is -0.130. The normalized spacial score (nSPS) is 13.5. The molecule has 0 spiro atoms. The number of aryl methyl sites for hydroxylation is 1. The molecule has 5 nitrogen and oxygen atoms in total. The fraction of sp³-hybridized carbons (Fsp3) is 0.300.